The maximum atomic E-state index is 12.9. The molecule has 0 saturated carbocycles. The first-order chi connectivity index (χ1) is 16.0. The Morgan fingerprint density at radius 1 is 1.21 bits per heavy atom. The molecule has 13 heteroatoms. The van der Waals surface area contributed by atoms with Crippen LogP contribution in [-0.4, -0.2) is 52.5 Å². The first-order valence-corrected chi connectivity index (χ1v) is 10.7. The zero-order valence-corrected chi connectivity index (χ0v) is 19.5. The SMILES string of the molecule is CN(C(=O)Oc1ccc(Cl)cc1C(=O)Nc1ccc([N+](=O)[O-])cc1Cl)C(CCCCN)C(=O)O. The Labute approximate surface area is 204 Å². The molecule has 0 aliphatic rings. The van der Waals surface area contributed by atoms with E-state index in [1.54, 1.807) is 0 Å². The number of nitrogens with two attached hydrogens (primary N) is 1. The van der Waals surface area contributed by atoms with Gasteiger partial charge in [-0.15, -0.1) is 0 Å². The van der Waals surface area contributed by atoms with Gasteiger partial charge < -0.3 is 20.9 Å². The molecule has 11 nitrogen and oxygen atoms in total. The van der Waals surface area contributed by atoms with Gasteiger partial charge in [-0.3, -0.25) is 19.8 Å². The van der Waals surface area contributed by atoms with Crippen LogP contribution in [0.2, 0.25) is 10.0 Å². The lowest BCUT2D eigenvalue weighted by Crippen LogP contribution is -2.44. The number of nitro groups is 1. The first-order valence-electron chi connectivity index (χ1n) is 9.97. The summed E-state index contributed by atoms with van der Waals surface area (Å²) in [7, 11) is 1.27. The lowest BCUT2D eigenvalue weighted by Gasteiger charge is -2.24. The van der Waals surface area contributed by atoms with Crippen molar-refractivity contribution in [3.05, 3.63) is 62.1 Å². The van der Waals surface area contributed by atoms with E-state index in [4.69, 9.17) is 33.7 Å². The Kier molecular flexibility index (Phi) is 9.60. The number of carbonyl (C=O) groups is 3. The summed E-state index contributed by atoms with van der Waals surface area (Å²) in [5, 5.41) is 22.9. The van der Waals surface area contributed by atoms with E-state index >= 15 is 0 Å². The summed E-state index contributed by atoms with van der Waals surface area (Å²) < 4.78 is 5.30. The van der Waals surface area contributed by atoms with Crippen molar-refractivity contribution >= 4 is 52.5 Å². The zero-order chi connectivity index (χ0) is 25.4. The average molecular weight is 513 g/mol. The molecular formula is C21H22Cl2N4O7. The number of carboxylic acid groups (broad SMARTS) is 1. The molecule has 4 N–H and O–H groups in total. The lowest BCUT2D eigenvalue weighted by molar-refractivity contribution is -0.384. The molecule has 0 heterocycles. The fourth-order valence-corrected chi connectivity index (χ4v) is 3.33. The number of nitrogens with one attached hydrogen (secondary N) is 1. The number of hydrogen-bond donors (Lipinski definition) is 3. The molecule has 0 bridgehead atoms. The van der Waals surface area contributed by atoms with Crippen LogP contribution in [0.3, 0.4) is 0 Å². The van der Waals surface area contributed by atoms with Crippen LogP contribution in [0, 0.1) is 10.1 Å². The number of anilines is 1. The lowest BCUT2D eigenvalue weighted by atomic mass is 10.1. The minimum absolute atomic E-state index is 0.0790. The molecule has 2 amide bonds. The normalized spacial score (nSPS) is 11.4. The number of likely N-dealkylation sites (N-methyl/N-ethyl adjacent to an activating group) is 1. The van der Waals surface area contributed by atoms with Gasteiger partial charge in [0, 0.05) is 24.2 Å². The van der Waals surface area contributed by atoms with E-state index in [9.17, 15) is 29.6 Å². The van der Waals surface area contributed by atoms with Crippen LogP contribution in [0.15, 0.2) is 36.4 Å². The standard InChI is InChI=1S/C21H22Cl2N4O7/c1-26(17(20(29)30)4-2-3-9-24)21(31)34-18-8-5-12(22)10-14(18)19(28)25-16-7-6-13(27(32)33)11-15(16)23/h5-8,10-11,17H,2-4,9,24H2,1H3,(H,25,28)(H,29,30). The third-order valence-corrected chi connectivity index (χ3v) is 5.32. The molecule has 0 saturated heterocycles. The number of ether oxygens (including phenoxy) is 1. The molecule has 34 heavy (non-hydrogen) atoms. The fourth-order valence-electron chi connectivity index (χ4n) is 2.94. The quantitative estimate of drug-likeness (QED) is 0.242. The van der Waals surface area contributed by atoms with E-state index in [0.29, 0.717) is 19.4 Å². The zero-order valence-electron chi connectivity index (χ0n) is 18.0. The van der Waals surface area contributed by atoms with Crippen molar-refractivity contribution in [3.63, 3.8) is 0 Å². The second-order valence-corrected chi connectivity index (χ2v) is 7.98. The van der Waals surface area contributed by atoms with E-state index in [-0.39, 0.29) is 39.2 Å². The highest BCUT2D eigenvalue weighted by atomic mass is 35.5. The number of hydrogen-bond acceptors (Lipinski definition) is 7. The van der Waals surface area contributed by atoms with Crippen molar-refractivity contribution in [2.45, 2.75) is 25.3 Å². The van der Waals surface area contributed by atoms with Gasteiger partial charge in [0.25, 0.3) is 11.6 Å². The predicted molar refractivity (Wildman–Crippen MR) is 126 cm³/mol. The fraction of sp³-hybridized carbons (Fsp3) is 0.286. The van der Waals surface area contributed by atoms with Crippen LogP contribution in [0.1, 0.15) is 29.6 Å². The second-order valence-electron chi connectivity index (χ2n) is 7.13. The van der Waals surface area contributed by atoms with Crippen molar-refractivity contribution in [2.24, 2.45) is 5.73 Å². The van der Waals surface area contributed by atoms with Crippen molar-refractivity contribution in [2.75, 3.05) is 18.9 Å². The summed E-state index contributed by atoms with van der Waals surface area (Å²) in [6.07, 6.45) is 0.268. The van der Waals surface area contributed by atoms with Gasteiger partial charge in [-0.05, 0) is 50.1 Å². The molecule has 0 fully saturated rings. The van der Waals surface area contributed by atoms with Crippen LogP contribution in [0.25, 0.3) is 0 Å². The van der Waals surface area contributed by atoms with E-state index < -0.39 is 28.9 Å². The maximum Gasteiger partial charge on any atom is 0.415 e. The maximum absolute atomic E-state index is 12.9. The van der Waals surface area contributed by atoms with Crippen molar-refractivity contribution < 1.29 is 29.2 Å². The van der Waals surface area contributed by atoms with Crippen molar-refractivity contribution in [3.8, 4) is 5.75 Å². The number of halogens is 2. The first kappa shape index (κ1) is 26.8. The number of carbonyl (C=O) groups excluding carboxylic acids is 2. The van der Waals surface area contributed by atoms with Gasteiger partial charge >= 0.3 is 12.1 Å². The van der Waals surface area contributed by atoms with Gasteiger partial charge in [0.1, 0.15) is 11.8 Å². The summed E-state index contributed by atoms with van der Waals surface area (Å²) >= 11 is 12.0. The van der Waals surface area contributed by atoms with E-state index in [2.05, 4.69) is 5.32 Å². The summed E-state index contributed by atoms with van der Waals surface area (Å²) in [5.41, 5.74) is 5.11. The minimum Gasteiger partial charge on any atom is -0.480 e. The van der Waals surface area contributed by atoms with Crippen LogP contribution < -0.4 is 15.8 Å². The molecule has 0 aliphatic heterocycles. The largest absolute Gasteiger partial charge is 0.480 e. The van der Waals surface area contributed by atoms with Gasteiger partial charge in [-0.1, -0.05) is 23.2 Å². The van der Waals surface area contributed by atoms with Crippen LogP contribution >= 0.6 is 23.2 Å². The minimum atomic E-state index is -1.21. The molecule has 1 unspecified atom stereocenters. The second kappa shape index (κ2) is 12.2. The third kappa shape index (κ3) is 7.04. The van der Waals surface area contributed by atoms with Gasteiger partial charge in [0.15, 0.2) is 0 Å². The molecule has 1 atom stereocenters. The number of benzene rings is 2. The van der Waals surface area contributed by atoms with Gasteiger partial charge in [0.2, 0.25) is 0 Å². The van der Waals surface area contributed by atoms with Gasteiger partial charge in [-0.2, -0.15) is 0 Å². The van der Waals surface area contributed by atoms with E-state index in [1.165, 1.54) is 31.3 Å². The summed E-state index contributed by atoms with van der Waals surface area (Å²) in [6.45, 7) is 0.391. The van der Waals surface area contributed by atoms with Crippen molar-refractivity contribution in [1.29, 1.82) is 0 Å². The topological polar surface area (TPSA) is 165 Å². The number of carboxylic acids is 1. The molecule has 0 aliphatic carbocycles. The highest BCUT2D eigenvalue weighted by Crippen LogP contribution is 2.29. The predicted octanol–water partition coefficient (Wildman–Crippen LogP) is 4.17. The van der Waals surface area contributed by atoms with Gasteiger partial charge in [0.05, 0.1) is 21.2 Å². The number of amides is 2. The molecule has 2 aromatic rings. The molecule has 2 aromatic carbocycles. The number of aliphatic carboxylic acids is 1. The number of nitro benzene ring substituents is 1. The number of unbranched alkanes of at least 4 members (excludes halogenated alkanes) is 1. The van der Waals surface area contributed by atoms with E-state index in [1.807, 2.05) is 0 Å². The third-order valence-electron chi connectivity index (χ3n) is 4.77. The number of rotatable bonds is 10. The van der Waals surface area contributed by atoms with Crippen LogP contribution in [0.5, 0.6) is 5.75 Å². The Bertz CT molecular complexity index is 1100. The molecule has 0 spiro atoms. The molecular weight excluding hydrogens is 491 g/mol. The van der Waals surface area contributed by atoms with Gasteiger partial charge in [-0.25, -0.2) is 9.59 Å². The monoisotopic (exact) mass is 512 g/mol. The summed E-state index contributed by atoms with van der Waals surface area (Å²) in [6, 6.07) is 6.24. The highest BCUT2D eigenvalue weighted by molar-refractivity contribution is 6.34. The summed E-state index contributed by atoms with van der Waals surface area (Å²) in [5.74, 6) is -2.15. The Morgan fingerprint density at radius 3 is 2.50 bits per heavy atom. The van der Waals surface area contributed by atoms with Crippen LogP contribution in [0.4, 0.5) is 16.2 Å². The smallest absolute Gasteiger partial charge is 0.415 e. The number of non-ortho nitro benzene ring substituents is 1. The average Bonchev–Trinajstić information content (AvgIpc) is 2.78. The Hall–Kier alpha value is -3.41. The summed E-state index contributed by atoms with van der Waals surface area (Å²) in [4.78, 5) is 48.2. The molecule has 2 rings (SSSR count). The molecule has 182 valence electrons. The molecule has 0 radical (unpaired) electrons. The number of nitrogens with zero attached hydrogens (tertiary/aromatic N) is 2. The van der Waals surface area contributed by atoms with Crippen LogP contribution in [-0.2, 0) is 4.79 Å². The Balaban J connectivity index is 2.23. The highest BCUT2D eigenvalue weighted by Gasteiger charge is 2.28. The molecule has 0 aromatic heterocycles. The Morgan fingerprint density at radius 2 is 1.91 bits per heavy atom. The van der Waals surface area contributed by atoms with E-state index in [0.717, 1.165) is 17.0 Å². The van der Waals surface area contributed by atoms with Crippen molar-refractivity contribution in [1.82, 2.24) is 4.90 Å².